The molecule has 1 N–H and O–H groups in total. The van der Waals surface area contributed by atoms with E-state index in [4.69, 9.17) is 21.1 Å². The fourth-order valence-electron chi connectivity index (χ4n) is 3.10. The van der Waals surface area contributed by atoms with Crippen LogP contribution in [0.25, 0.3) is 0 Å². The van der Waals surface area contributed by atoms with Crippen LogP contribution in [0.15, 0.2) is 17.1 Å². The summed E-state index contributed by atoms with van der Waals surface area (Å²) >= 11 is 7.22. The first kappa shape index (κ1) is 21.7. The van der Waals surface area contributed by atoms with Gasteiger partial charge in [-0.15, -0.1) is 11.8 Å². The second-order valence-corrected chi connectivity index (χ2v) is 9.62. The summed E-state index contributed by atoms with van der Waals surface area (Å²) in [7, 11) is 0. The van der Waals surface area contributed by atoms with Crippen molar-refractivity contribution in [2.24, 2.45) is 4.99 Å². The zero-order chi connectivity index (χ0) is 21.6. The third-order valence-corrected chi connectivity index (χ3v) is 5.89. The highest BCUT2D eigenvalue weighted by Gasteiger charge is 2.64. The van der Waals surface area contributed by atoms with Crippen LogP contribution in [0, 0.1) is 17.1 Å². The van der Waals surface area contributed by atoms with Crippen LogP contribution < -0.4 is 4.74 Å². The van der Waals surface area contributed by atoms with Gasteiger partial charge in [0.05, 0.1) is 34.5 Å². The molecule has 10 heteroatoms. The van der Waals surface area contributed by atoms with Crippen LogP contribution in [-0.4, -0.2) is 56.9 Å². The maximum absolute atomic E-state index is 13.7. The van der Waals surface area contributed by atoms with Gasteiger partial charge in [-0.25, -0.2) is 14.2 Å². The Balaban J connectivity index is 1.93. The first-order valence-corrected chi connectivity index (χ1v) is 10.2. The second kappa shape index (κ2) is 7.35. The van der Waals surface area contributed by atoms with E-state index >= 15 is 0 Å². The molecule has 0 aliphatic carbocycles. The summed E-state index contributed by atoms with van der Waals surface area (Å²) in [5, 5.41) is 21.0. The molecule has 1 aromatic carbocycles. The quantitative estimate of drug-likeness (QED) is 0.770. The van der Waals surface area contributed by atoms with Gasteiger partial charge in [0.15, 0.2) is 5.60 Å². The highest BCUT2D eigenvalue weighted by molar-refractivity contribution is 8.14. The summed E-state index contributed by atoms with van der Waals surface area (Å²) in [5.41, 5.74) is -3.71. The van der Waals surface area contributed by atoms with Gasteiger partial charge < -0.3 is 14.6 Å². The van der Waals surface area contributed by atoms with E-state index in [9.17, 15) is 19.6 Å². The van der Waals surface area contributed by atoms with Crippen LogP contribution >= 0.6 is 23.4 Å². The van der Waals surface area contributed by atoms with Crippen LogP contribution in [0.1, 0.15) is 33.3 Å². The first-order chi connectivity index (χ1) is 13.4. The van der Waals surface area contributed by atoms with Gasteiger partial charge >= 0.3 is 6.09 Å². The molecule has 0 radical (unpaired) electrons. The van der Waals surface area contributed by atoms with Crippen LogP contribution in [0.5, 0.6) is 5.75 Å². The molecule has 0 bridgehead atoms. The molecule has 2 aliphatic rings. The molecule has 29 heavy (non-hydrogen) atoms. The number of amides is 1. The number of carbonyl (C=O) groups is 1. The number of carbonyl (C=O) groups excluding carboxylic acids is 1. The van der Waals surface area contributed by atoms with Gasteiger partial charge in [0.25, 0.3) is 0 Å². The van der Waals surface area contributed by atoms with Crippen LogP contribution in [0.2, 0.25) is 5.02 Å². The van der Waals surface area contributed by atoms with Crippen molar-refractivity contribution in [1.29, 1.82) is 5.26 Å². The molecule has 1 amide bonds. The Morgan fingerprint density at radius 1 is 1.45 bits per heavy atom. The fraction of sp³-hybridized carbons (Fsp3) is 0.526. The van der Waals surface area contributed by atoms with Crippen LogP contribution in [0.4, 0.5) is 9.18 Å². The summed E-state index contributed by atoms with van der Waals surface area (Å²) in [6.45, 7) is 6.98. The number of ether oxygens (including phenoxy) is 2. The Hall–Kier alpha value is -2.02. The van der Waals surface area contributed by atoms with Gasteiger partial charge in [0.2, 0.25) is 5.72 Å². The molecule has 1 unspecified atom stereocenters. The molecule has 1 atom stereocenters. The van der Waals surface area contributed by atoms with Gasteiger partial charge in [0, 0.05) is 6.07 Å². The molecular formula is C19H21ClFN3O4S. The lowest BCUT2D eigenvalue weighted by Gasteiger charge is -2.54. The van der Waals surface area contributed by atoms with Crippen molar-refractivity contribution in [2.75, 3.05) is 18.8 Å². The van der Waals surface area contributed by atoms with Gasteiger partial charge in [-0.05, 0) is 33.8 Å². The van der Waals surface area contributed by atoms with E-state index in [-0.39, 0.29) is 35.2 Å². The maximum Gasteiger partial charge on any atom is 0.410 e. The van der Waals surface area contributed by atoms with E-state index in [0.717, 1.165) is 6.07 Å². The number of thioether (sulfide) groups is 1. The van der Waals surface area contributed by atoms with Gasteiger partial charge in [-0.2, -0.15) is 5.26 Å². The minimum atomic E-state index is -1.63. The van der Waals surface area contributed by atoms with Gasteiger partial charge in [-0.3, -0.25) is 4.90 Å². The highest BCUT2D eigenvalue weighted by Crippen LogP contribution is 2.44. The van der Waals surface area contributed by atoms with Crippen molar-refractivity contribution in [3.8, 4) is 11.8 Å². The number of aliphatic imine (C=N–C) groups is 1. The predicted molar refractivity (Wildman–Crippen MR) is 108 cm³/mol. The van der Waals surface area contributed by atoms with Gasteiger partial charge in [-0.1, -0.05) is 11.6 Å². The fourth-order valence-corrected chi connectivity index (χ4v) is 4.21. The van der Waals surface area contributed by atoms with Crippen molar-refractivity contribution in [2.45, 2.75) is 44.6 Å². The summed E-state index contributed by atoms with van der Waals surface area (Å²) in [6, 6.07) is 4.02. The molecule has 2 aliphatic heterocycles. The van der Waals surface area contributed by atoms with Crippen LogP contribution in [0.3, 0.4) is 0 Å². The van der Waals surface area contributed by atoms with E-state index in [1.807, 2.05) is 6.07 Å². The van der Waals surface area contributed by atoms with E-state index in [0.29, 0.717) is 5.04 Å². The van der Waals surface area contributed by atoms with E-state index in [1.54, 1.807) is 27.7 Å². The lowest BCUT2D eigenvalue weighted by atomic mass is 9.83. The molecule has 1 fully saturated rings. The SMILES string of the molecule is CC1=NC(O)(C2(Oc3cc(Cl)c(F)cc3C#N)CN(C(=O)OC(C)(C)C)C2)CS1. The number of nitriles is 1. The Bertz CT molecular complexity index is 921. The Labute approximate surface area is 177 Å². The normalized spacial score (nSPS) is 23.1. The molecule has 0 saturated carbocycles. The lowest BCUT2D eigenvalue weighted by Crippen LogP contribution is -2.76. The summed E-state index contributed by atoms with van der Waals surface area (Å²) in [4.78, 5) is 18.1. The Morgan fingerprint density at radius 2 is 2.10 bits per heavy atom. The maximum atomic E-state index is 13.7. The molecular weight excluding hydrogens is 421 g/mol. The first-order valence-electron chi connectivity index (χ1n) is 8.86. The predicted octanol–water partition coefficient (Wildman–Crippen LogP) is 3.57. The number of nitrogens with zero attached hydrogens (tertiary/aromatic N) is 3. The molecule has 0 aromatic heterocycles. The van der Waals surface area contributed by atoms with Crippen molar-refractivity contribution < 1.29 is 23.8 Å². The molecule has 3 rings (SSSR count). The number of halogens is 2. The third-order valence-electron chi connectivity index (χ3n) is 4.55. The number of likely N-dealkylation sites (tertiary alicyclic amines) is 1. The minimum absolute atomic E-state index is 0.0147. The van der Waals surface area contributed by atoms with E-state index in [1.165, 1.54) is 22.7 Å². The molecule has 0 spiro atoms. The summed E-state index contributed by atoms with van der Waals surface area (Å²) < 4.78 is 25.2. The summed E-state index contributed by atoms with van der Waals surface area (Å²) in [6.07, 6.45) is -0.552. The Kier molecular flexibility index (Phi) is 5.49. The van der Waals surface area contributed by atoms with Crippen molar-refractivity contribution >= 4 is 34.5 Å². The number of benzene rings is 1. The molecule has 1 saturated heterocycles. The van der Waals surface area contributed by atoms with Crippen LogP contribution in [-0.2, 0) is 4.74 Å². The average molecular weight is 442 g/mol. The molecule has 7 nitrogen and oxygen atoms in total. The number of rotatable bonds is 3. The number of hydrogen-bond donors (Lipinski definition) is 1. The standard InChI is InChI=1S/C19H21ClFN3O4S/c1-11-23-19(26,10-29-11)18(8-24(9-18)16(25)28-17(2,3)4)27-15-6-13(20)14(21)5-12(15)7-22/h5-6,26H,8-10H2,1-4H3. The average Bonchev–Trinajstić information content (AvgIpc) is 2.91. The largest absolute Gasteiger partial charge is 0.477 e. The highest BCUT2D eigenvalue weighted by atomic mass is 35.5. The van der Waals surface area contributed by atoms with Crippen molar-refractivity contribution in [1.82, 2.24) is 4.90 Å². The lowest BCUT2D eigenvalue weighted by molar-refractivity contribution is -0.183. The number of aliphatic hydroxyl groups is 1. The molecule has 1 aromatic rings. The monoisotopic (exact) mass is 441 g/mol. The molecule has 156 valence electrons. The van der Waals surface area contributed by atoms with E-state index in [2.05, 4.69) is 4.99 Å². The van der Waals surface area contributed by atoms with Crippen molar-refractivity contribution in [3.63, 3.8) is 0 Å². The smallest absolute Gasteiger partial charge is 0.410 e. The van der Waals surface area contributed by atoms with Crippen molar-refractivity contribution in [3.05, 3.63) is 28.5 Å². The second-order valence-electron chi connectivity index (χ2n) is 8.04. The third kappa shape index (κ3) is 4.15. The molecule has 2 heterocycles. The topological polar surface area (TPSA) is 95.2 Å². The zero-order valence-corrected chi connectivity index (χ0v) is 18.0. The van der Waals surface area contributed by atoms with E-state index < -0.39 is 28.8 Å². The van der Waals surface area contributed by atoms with Gasteiger partial charge in [0.1, 0.15) is 23.2 Å². The zero-order valence-electron chi connectivity index (χ0n) is 16.5. The number of hydrogen-bond acceptors (Lipinski definition) is 7. The minimum Gasteiger partial charge on any atom is -0.477 e. The Morgan fingerprint density at radius 3 is 2.62 bits per heavy atom. The summed E-state index contributed by atoms with van der Waals surface area (Å²) in [5.74, 6) is -0.517.